The topological polar surface area (TPSA) is 83.6 Å². The largest absolute Gasteiger partial charge is 0.351 e. The molecule has 2 rings (SSSR count). The molecule has 0 saturated carbocycles. The van der Waals surface area contributed by atoms with E-state index in [4.69, 9.17) is 0 Å². The number of nitrogens with one attached hydrogen (secondary N) is 2. The SMILES string of the molecule is CC(C)c1ccc(C(=O)NCCc2c[nH]cn2)nn1. The molecule has 0 atom stereocenters. The number of hydrogen-bond acceptors (Lipinski definition) is 4. The molecule has 0 spiro atoms. The summed E-state index contributed by atoms with van der Waals surface area (Å²) in [5, 5.41) is 10.8. The van der Waals surface area contributed by atoms with Gasteiger partial charge in [-0.1, -0.05) is 13.8 Å². The molecule has 0 bridgehead atoms. The van der Waals surface area contributed by atoms with Crippen molar-refractivity contribution in [1.29, 1.82) is 0 Å². The summed E-state index contributed by atoms with van der Waals surface area (Å²) in [6, 6.07) is 3.53. The van der Waals surface area contributed by atoms with Gasteiger partial charge in [-0.25, -0.2) is 4.98 Å². The van der Waals surface area contributed by atoms with Crippen LogP contribution in [-0.2, 0) is 6.42 Å². The van der Waals surface area contributed by atoms with Gasteiger partial charge >= 0.3 is 0 Å². The second-order valence-electron chi connectivity index (χ2n) is 4.56. The van der Waals surface area contributed by atoms with Gasteiger partial charge in [0.2, 0.25) is 0 Å². The fourth-order valence-electron chi connectivity index (χ4n) is 1.59. The highest BCUT2D eigenvalue weighted by Gasteiger charge is 2.09. The van der Waals surface area contributed by atoms with E-state index in [1.165, 1.54) is 0 Å². The van der Waals surface area contributed by atoms with E-state index >= 15 is 0 Å². The summed E-state index contributed by atoms with van der Waals surface area (Å²) in [5.74, 6) is 0.0996. The first kappa shape index (κ1) is 13.2. The summed E-state index contributed by atoms with van der Waals surface area (Å²) in [6.45, 7) is 4.60. The molecule has 0 aromatic carbocycles. The van der Waals surface area contributed by atoms with E-state index in [9.17, 15) is 4.79 Å². The molecule has 100 valence electrons. The molecule has 6 nitrogen and oxygen atoms in total. The zero-order valence-corrected chi connectivity index (χ0v) is 11.1. The van der Waals surface area contributed by atoms with Crippen molar-refractivity contribution in [2.24, 2.45) is 0 Å². The van der Waals surface area contributed by atoms with Crippen LogP contribution in [0, 0.1) is 0 Å². The maximum Gasteiger partial charge on any atom is 0.271 e. The third-order valence-electron chi connectivity index (χ3n) is 2.73. The summed E-state index contributed by atoms with van der Waals surface area (Å²) in [6.07, 6.45) is 4.11. The lowest BCUT2D eigenvalue weighted by Gasteiger charge is -2.05. The molecule has 0 fully saturated rings. The first-order valence-corrected chi connectivity index (χ1v) is 6.26. The highest BCUT2D eigenvalue weighted by Crippen LogP contribution is 2.09. The van der Waals surface area contributed by atoms with Crippen molar-refractivity contribution < 1.29 is 4.79 Å². The average molecular weight is 259 g/mol. The Morgan fingerprint density at radius 2 is 2.21 bits per heavy atom. The zero-order chi connectivity index (χ0) is 13.7. The number of aromatic nitrogens is 4. The lowest BCUT2D eigenvalue weighted by Crippen LogP contribution is -2.27. The average Bonchev–Trinajstić information content (AvgIpc) is 2.92. The molecule has 0 saturated heterocycles. The molecule has 2 N–H and O–H groups in total. The second-order valence-corrected chi connectivity index (χ2v) is 4.56. The summed E-state index contributed by atoms with van der Waals surface area (Å²) in [4.78, 5) is 18.8. The van der Waals surface area contributed by atoms with E-state index in [1.807, 2.05) is 26.1 Å². The summed E-state index contributed by atoms with van der Waals surface area (Å²) < 4.78 is 0. The number of aromatic amines is 1. The molecule has 0 aliphatic carbocycles. The Balaban J connectivity index is 1.85. The maximum atomic E-state index is 11.8. The van der Waals surface area contributed by atoms with Crippen molar-refractivity contribution in [2.45, 2.75) is 26.2 Å². The van der Waals surface area contributed by atoms with E-state index in [0.29, 0.717) is 24.6 Å². The Hall–Kier alpha value is -2.24. The van der Waals surface area contributed by atoms with Crippen LogP contribution in [-0.4, -0.2) is 32.6 Å². The zero-order valence-electron chi connectivity index (χ0n) is 11.1. The number of imidazole rings is 1. The van der Waals surface area contributed by atoms with Gasteiger partial charge in [0, 0.05) is 19.2 Å². The van der Waals surface area contributed by atoms with Crippen LogP contribution >= 0.6 is 0 Å². The van der Waals surface area contributed by atoms with Crippen LogP contribution < -0.4 is 5.32 Å². The fourth-order valence-corrected chi connectivity index (χ4v) is 1.59. The third kappa shape index (κ3) is 3.61. The number of nitrogens with zero attached hydrogens (tertiary/aromatic N) is 3. The highest BCUT2D eigenvalue weighted by molar-refractivity contribution is 5.91. The molecular formula is C13H17N5O. The maximum absolute atomic E-state index is 11.8. The van der Waals surface area contributed by atoms with Gasteiger partial charge in [-0.2, -0.15) is 5.10 Å². The first-order chi connectivity index (χ1) is 9.16. The molecule has 0 radical (unpaired) electrons. The number of carbonyl (C=O) groups is 1. The number of carbonyl (C=O) groups excluding carboxylic acids is 1. The van der Waals surface area contributed by atoms with Gasteiger partial charge in [0.25, 0.3) is 5.91 Å². The van der Waals surface area contributed by atoms with E-state index in [1.54, 1.807) is 12.4 Å². The molecular weight excluding hydrogens is 242 g/mol. The van der Waals surface area contributed by atoms with Crippen molar-refractivity contribution in [2.75, 3.05) is 6.54 Å². The van der Waals surface area contributed by atoms with Crippen molar-refractivity contribution in [1.82, 2.24) is 25.5 Å². The molecule has 0 aliphatic rings. The van der Waals surface area contributed by atoms with Crippen molar-refractivity contribution >= 4 is 5.91 Å². The highest BCUT2D eigenvalue weighted by atomic mass is 16.1. The van der Waals surface area contributed by atoms with Gasteiger partial charge in [0.1, 0.15) is 0 Å². The van der Waals surface area contributed by atoms with E-state index in [0.717, 1.165) is 11.4 Å². The normalized spacial score (nSPS) is 10.7. The van der Waals surface area contributed by atoms with Crippen LogP contribution in [0.4, 0.5) is 0 Å². The van der Waals surface area contributed by atoms with Crippen LogP contribution in [0.15, 0.2) is 24.7 Å². The van der Waals surface area contributed by atoms with Crippen LogP contribution in [0.2, 0.25) is 0 Å². The monoisotopic (exact) mass is 259 g/mol. The van der Waals surface area contributed by atoms with Gasteiger partial charge < -0.3 is 10.3 Å². The van der Waals surface area contributed by atoms with Gasteiger partial charge in [-0.15, -0.1) is 5.10 Å². The van der Waals surface area contributed by atoms with Crippen LogP contribution in [0.25, 0.3) is 0 Å². The van der Waals surface area contributed by atoms with Crippen molar-refractivity contribution in [3.63, 3.8) is 0 Å². The molecule has 0 aliphatic heterocycles. The predicted octanol–water partition coefficient (Wildman–Crippen LogP) is 1.30. The molecule has 6 heteroatoms. The van der Waals surface area contributed by atoms with Gasteiger partial charge in [-0.05, 0) is 18.1 Å². The molecule has 1 amide bonds. The smallest absolute Gasteiger partial charge is 0.271 e. The lowest BCUT2D eigenvalue weighted by molar-refractivity contribution is 0.0948. The molecule has 2 aromatic heterocycles. The second kappa shape index (κ2) is 6.08. The van der Waals surface area contributed by atoms with Gasteiger partial charge in [0.15, 0.2) is 5.69 Å². The molecule has 0 unspecified atom stereocenters. The van der Waals surface area contributed by atoms with Crippen LogP contribution in [0.5, 0.6) is 0 Å². The van der Waals surface area contributed by atoms with E-state index in [2.05, 4.69) is 25.5 Å². The Morgan fingerprint density at radius 1 is 1.37 bits per heavy atom. The minimum atomic E-state index is -0.210. The Labute approximate surface area is 111 Å². The van der Waals surface area contributed by atoms with Crippen LogP contribution in [0.1, 0.15) is 41.6 Å². The number of rotatable bonds is 5. The summed E-state index contributed by atoms with van der Waals surface area (Å²) in [7, 11) is 0. The lowest BCUT2D eigenvalue weighted by atomic mass is 10.1. The third-order valence-corrected chi connectivity index (χ3v) is 2.73. The Bertz CT molecular complexity index is 518. The van der Waals surface area contributed by atoms with Crippen LogP contribution in [0.3, 0.4) is 0 Å². The minimum absolute atomic E-state index is 0.210. The van der Waals surface area contributed by atoms with Gasteiger partial charge in [0.05, 0.1) is 17.7 Å². The Kier molecular flexibility index (Phi) is 4.22. The van der Waals surface area contributed by atoms with Crippen molar-refractivity contribution in [3.8, 4) is 0 Å². The van der Waals surface area contributed by atoms with Crippen molar-refractivity contribution in [3.05, 3.63) is 41.7 Å². The standard InChI is InChI=1S/C13H17N5O/c1-9(2)11-3-4-12(18-17-11)13(19)15-6-5-10-7-14-8-16-10/h3-4,7-9H,5-6H2,1-2H3,(H,14,16)(H,15,19). The number of hydrogen-bond donors (Lipinski definition) is 2. The quantitative estimate of drug-likeness (QED) is 0.847. The fraction of sp³-hybridized carbons (Fsp3) is 0.385. The summed E-state index contributed by atoms with van der Waals surface area (Å²) >= 11 is 0. The molecule has 19 heavy (non-hydrogen) atoms. The number of amides is 1. The minimum Gasteiger partial charge on any atom is -0.351 e. The predicted molar refractivity (Wildman–Crippen MR) is 70.7 cm³/mol. The number of H-pyrrole nitrogens is 1. The molecule has 2 heterocycles. The summed E-state index contributed by atoms with van der Waals surface area (Å²) in [5.41, 5.74) is 2.14. The Morgan fingerprint density at radius 3 is 2.79 bits per heavy atom. The van der Waals surface area contributed by atoms with E-state index < -0.39 is 0 Å². The molecule has 2 aromatic rings. The van der Waals surface area contributed by atoms with E-state index in [-0.39, 0.29) is 5.91 Å². The first-order valence-electron chi connectivity index (χ1n) is 6.26. The van der Waals surface area contributed by atoms with Gasteiger partial charge in [-0.3, -0.25) is 4.79 Å².